The van der Waals surface area contributed by atoms with Gasteiger partial charge in [0.1, 0.15) is 11.9 Å². The lowest BCUT2D eigenvalue weighted by atomic mass is 9.97. The molecule has 1 N–H and O–H groups in total. The van der Waals surface area contributed by atoms with E-state index in [1.807, 2.05) is 23.1 Å². The van der Waals surface area contributed by atoms with Gasteiger partial charge < -0.3 is 14.6 Å². The first kappa shape index (κ1) is 15.7. The van der Waals surface area contributed by atoms with E-state index in [1.165, 1.54) is 0 Å². The molecule has 1 saturated heterocycles. The maximum Gasteiger partial charge on any atom is 0.223 e. The highest BCUT2D eigenvalue weighted by atomic mass is 16.5. The van der Waals surface area contributed by atoms with Gasteiger partial charge in [-0.25, -0.2) is 4.98 Å². The quantitative estimate of drug-likeness (QED) is 0.944. The Kier molecular flexibility index (Phi) is 4.48. The fraction of sp³-hybridized carbons (Fsp3) is 0.444. The second kappa shape index (κ2) is 6.54. The summed E-state index contributed by atoms with van der Waals surface area (Å²) in [4.78, 5) is 21.9. The van der Waals surface area contributed by atoms with Crippen LogP contribution in [0.25, 0.3) is 0 Å². The van der Waals surface area contributed by atoms with Gasteiger partial charge in [0, 0.05) is 25.2 Å². The summed E-state index contributed by atoms with van der Waals surface area (Å²) in [5.74, 6) is 1.000. The molecule has 1 aliphatic heterocycles. The molecule has 23 heavy (non-hydrogen) atoms. The first-order chi connectivity index (χ1) is 11.1. The molecular formula is C18H23N3O2. The Morgan fingerprint density at radius 1 is 1.39 bits per heavy atom. The predicted octanol–water partition coefficient (Wildman–Crippen LogP) is 2.72. The van der Waals surface area contributed by atoms with Crippen molar-refractivity contribution < 1.29 is 9.53 Å². The van der Waals surface area contributed by atoms with E-state index in [9.17, 15) is 4.79 Å². The summed E-state index contributed by atoms with van der Waals surface area (Å²) in [7, 11) is 0. The maximum atomic E-state index is 12.7. The van der Waals surface area contributed by atoms with Crippen LogP contribution < -0.4 is 0 Å². The van der Waals surface area contributed by atoms with E-state index in [-0.39, 0.29) is 17.6 Å². The van der Waals surface area contributed by atoms with Crippen LogP contribution in [0.2, 0.25) is 0 Å². The first-order valence-electron chi connectivity index (χ1n) is 8.01. The molecule has 0 bridgehead atoms. The summed E-state index contributed by atoms with van der Waals surface area (Å²) in [5, 5.41) is 0. The average Bonchev–Trinajstić information content (AvgIpc) is 3.07. The number of rotatable bonds is 4. The minimum absolute atomic E-state index is 0.0585. The number of amides is 1. The van der Waals surface area contributed by atoms with E-state index in [1.54, 1.807) is 12.4 Å². The van der Waals surface area contributed by atoms with Crippen molar-refractivity contribution in [1.29, 1.82) is 0 Å². The van der Waals surface area contributed by atoms with Crippen molar-refractivity contribution in [2.75, 3.05) is 13.2 Å². The number of carbonyl (C=O) groups excluding carboxylic acids is 1. The third kappa shape index (κ3) is 3.62. The Bertz CT molecular complexity index is 638. The van der Waals surface area contributed by atoms with Crippen molar-refractivity contribution >= 4 is 5.91 Å². The first-order valence-corrected chi connectivity index (χ1v) is 8.01. The molecule has 1 amide bonds. The Hall–Kier alpha value is -2.14. The zero-order chi connectivity index (χ0) is 16.3. The lowest BCUT2D eigenvalue weighted by Crippen LogP contribution is -2.56. The van der Waals surface area contributed by atoms with Crippen LogP contribution in [-0.2, 0) is 16.0 Å². The third-order valence-corrected chi connectivity index (χ3v) is 4.32. The van der Waals surface area contributed by atoms with Gasteiger partial charge in [-0.15, -0.1) is 0 Å². The largest absolute Gasteiger partial charge is 0.369 e. The zero-order valence-corrected chi connectivity index (χ0v) is 13.7. The van der Waals surface area contributed by atoms with Gasteiger partial charge in [0.25, 0.3) is 0 Å². The second-order valence-electron chi connectivity index (χ2n) is 6.56. The standard InChI is InChI=1S/C18H23N3O2/c1-18(2)13-23-15(14-6-4-3-5-7-14)12-21(18)17(22)9-8-16-19-10-11-20-16/h3-7,10-11,15H,8-9,12-13H2,1-2H3,(H,19,20). The fourth-order valence-corrected chi connectivity index (χ4v) is 2.95. The highest BCUT2D eigenvalue weighted by Gasteiger charge is 2.38. The number of morpholine rings is 1. The number of imidazole rings is 1. The smallest absolute Gasteiger partial charge is 0.223 e. The van der Waals surface area contributed by atoms with Crippen LogP contribution in [-0.4, -0.2) is 39.5 Å². The number of ether oxygens (including phenoxy) is 1. The van der Waals surface area contributed by atoms with E-state index < -0.39 is 0 Å². The lowest BCUT2D eigenvalue weighted by molar-refractivity contribution is -0.154. The van der Waals surface area contributed by atoms with Crippen LogP contribution in [0.15, 0.2) is 42.7 Å². The molecule has 1 atom stereocenters. The molecular weight excluding hydrogens is 290 g/mol. The number of nitrogens with zero attached hydrogens (tertiary/aromatic N) is 2. The van der Waals surface area contributed by atoms with Crippen molar-refractivity contribution in [3.63, 3.8) is 0 Å². The molecule has 2 heterocycles. The predicted molar refractivity (Wildman–Crippen MR) is 87.8 cm³/mol. The topological polar surface area (TPSA) is 58.2 Å². The number of aromatic amines is 1. The number of benzene rings is 1. The molecule has 1 unspecified atom stereocenters. The van der Waals surface area contributed by atoms with Gasteiger partial charge in [-0.2, -0.15) is 0 Å². The number of aromatic nitrogens is 2. The summed E-state index contributed by atoms with van der Waals surface area (Å²) in [6, 6.07) is 10.1. The molecule has 5 nitrogen and oxygen atoms in total. The van der Waals surface area contributed by atoms with Crippen LogP contribution in [0.3, 0.4) is 0 Å². The van der Waals surface area contributed by atoms with Gasteiger partial charge in [-0.3, -0.25) is 4.79 Å². The molecule has 1 aromatic heterocycles. The summed E-state index contributed by atoms with van der Waals surface area (Å²) >= 11 is 0. The minimum atomic E-state index is -0.286. The van der Waals surface area contributed by atoms with Crippen molar-refractivity contribution in [3.05, 3.63) is 54.1 Å². The van der Waals surface area contributed by atoms with Gasteiger partial charge in [-0.05, 0) is 19.4 Å². The highest BCUT2D eigenvalue weighted by molar-refractivity contribution is 5.77. The number of H-pyrrole nitrogens is 1. The highest BCUT2D eigenvalue weighted by Crippen LogP contribution is 2.30. The normalized spacial score (nSPS) is 20.4. The van der Waals surface area contributed by atoms with E-state index in [2.05, 4.69) is 35.9 Å². The van der Waals surface area contributed by atoms with Crippen molar-refractivity contribution in [2.45, 2.75) is 38.3 Å². The van der Waals surface area contributed by atoms with Crippen molar-refractivity contribution in [3.8, 4) is 0 Å². The summed E-state index contributed by atoms with van der Waals surface area (Å²) in [6.45, 7) is 5.24. The third-order valence-electron chi connectivity index (χ3n) is 4.32. The van der Waals surface area contributed by atoms with Crippen LogP contribution >= 0.6 is 0 Å². The number of hydrogen-bond donors (Lipinski definition) is 1. The SMILES string of the molecule is CC1(C)COC(c2ccccc2)CN1C(=O)CCc1ncc[nH]1. The number of aryl methyl sites for hydroxylation is 1. The lowest BCUT2D eigenvalue weighted by Gasteiger charge is -2.45. The minimum Gasteiger partial charge on any atom is -0.369 e. The molecule has 5 heteroatoms. The van der Waals surface area contributed by atoms with E-state index >= 15 is 0 Å². The molecule has 0 radical (unpaired) electrons. The van der Waals surface area contributed by atoms with Crippen molar-refractivity contribution in [1.82, 2.24) is 14.9 Å². The molecule has 122 valence electrons. The summed E-state index contributed by atoms with van der Waals surface area (Å²) < 4.78 is 6.00. The molecule has 0 saturated carbocycles. The number of nitrogens with one attached hydrogen (secondary N) is 1. The summed E-state index contributed by atoms with van der Waals surface area (Å²) in [6.07, 6.45) is 4.53. The van der Waals surface area contributed by atoms with Gasteiger partial charge in [0.15, 0.2) is 0 Å². The Morgan fingerprint density at radius 3 is 2.87 bits per heavy atom. The molecule has 0 aliphatic carbocycles. The van der Waals surface area contributed by atoms with Gasteiger partial charge in [0.05, 0.1) is 18.7 Å². The van der Waals surface area contributed by atoms with E-state index in [4.69, 9.17) is 4.74 Å². The monoisotopic (exact) mass is 313 g/mol. The number of hydrogen-bond acceptors (Lipinski definition) is 3. The van der Waals surface area contributed by atoms with Crippen LogP contribution in [0.4, 0.5) is 0 Å². The molecule has 1 aromatic carbocycles. The molecule has 2 aromatic rings. The fourth-order valence-electron chi connectivity index (χ4n) is 2.95. The van der Waals surface area contributed by atoms with E-state index in [0.717, 1.165) is 11.4 Å². The second-order valence-corrected chi connectivity index (χ2v) is 6.56. The maximum absolute atomic E-state index is 12.7. The van der Waals surface area contributed by atoms with Crippen LogP contribution in [0, 0.1) is 0 Å². The molecule has 1 fully saturated rings. The zero-order valence-electron chi connectivity index (χ0n) is 13.7. The average molecular weight is 313 g/mol. The Balaban J connectivity index is 1.68. The summed E-state index contributed by atoms with van der Waals surface area (Å²) in [5.41, 5.74) is 0.831. The van der Waals surface area contributed by atoms with E-state index in [0.29, 0.717) is 26.0 Å². The van der Waals surface area contributed by atoms with Crippen LogP contribution in [0.1, 0.15) is 37.8 Å². The van der Waals surface area contributed by atoms with Gasteiger partial charge in [0.2, 0.25) is 5.91 Å². The van der Waals surface area contributed by atoms with Gasteiger partial charge in [-0.1, -0.05) is 30.3 Å². The number of carbonyl (C=O) groups is 1. The Labute approximate surface area is 136 Å². The van der Waals surface area contributed by atoms with Gasteiger partial charge >= 0.3 is 0 Å². The van der Waals surface area contributed by atoms with Crippen molar-refractivity contribution in [2.24, 2.45) is 0 Å². The molecule has 3 rings (SSSR count). The molecule has 1 aliphatic rings. The molecule has 0 spiro atoms. The Morgan fingerprint density at radius 2 is 2.17 bits per heavy atom. The van der Waals surface area contributed by atoms with Crippen LogP contribution in [0.5, 0.6) is 0 Å².